The monoisotopic (exact) mass is 333 g/mol. The number of carbonyl (C=O) groups is 2. The maximum absolute atomic E-state index is 13.7. The second kappa shape index (κ2) is 7.47. The minimum Gasteiger partial charge on any atom is -0.337 e. The van der Waals surface area contributed by atoms with Crippen LogP contribution < -0.4 is 5.32 Å². The molecule has 24 heavy (non-hydrogen) atoms. The van der Waals surface area contributed by atoms with Gasteiger partial charge in [-0.1, -0.05) is 18.2 Å². The molecule has 2 rings (SSSR count). The lowest BCUT2D eigenvalue weighted by Crippen LogP contribution is -2.47. The molecule has 1 heterocycles. The first-order valence-electron chi connectivity index (χ1n) is 8.04. The smallest absolute Gasteiger partial charge is 0.318 e. The fourth-order valence-electron chi connectivity index (χ4n) is 2.81. The van der Waals surface area contributed by atoms with Crippen molar-refractivity contribution in [2.75, 3.05) is 20.1 Å². The third-order valence-electron chi connectivity index (χ3n) is 4.44. The average molecular weight is 333 g/mol. The molecule has 6 heteroatoms. The summed E-state index contributed by atoms with van der Waals surface area (Å²) in [5, 5.41) is 2.82. The highest BCUT2D eigenvalue weighted by atomic mass is 19.1. The van der Waals surface area contributed by atoms with Crippen LogP contribution in [0.15, 0.2) is 30.9 Å². The number of rotatable bonds is 5. The Balaban J connectivity index is 1.99. The molecule has 2 atom stereocenters. The lowest BCUT2D eigenvalue weighted by atomic mass is 10.1. The van der Waals surface area contributed by atoms with Gasteiger partial charge in [-0.2, -0.15) is 0 Å². The molecule has 1 aliphatic heterocycles. The average Bonchev–Trinajstić information content (AvgIpc) is 2.90. The second-order valence-corrected chi connectivity index (χ2v) is 6.17. The summed E-state index contributed by atoms with van der Waals surface area (Å²) in [5.74, 6) is -0.366. The first kappa shape index (κ1) is 18.0. The van der Waals surface area contributed by atoms with Crippen LogP contribution in [0.25, 0.3) is 0 Å². The summed E-state index contributed by atoms with van der Waals surface area (Å²) in [6.45, 7) is 8.22. The van der Waals surface area contributed by atoms with E-state index in [1.54, 1.807) is 44.0 Å². The topological polar surface area (TPSA) is 52.6 Å². The molecule has 0 spiro atoms. The van der Waals surface area contributed by atoms with Gasteiger partial charge < -0.3 is 15.1 Å². The Morgan fingerprint density at radius 3 is 2.92 bits per heavy atom. The molecule has 0 radical (unpaired) electrons. The zero-order valence-electron chi connectivity index (χ0n) is 14.4. The number of urea groups is 1. The number of nitrogens with zero attached hydrogens (tertiary/aromatic N) is 2. The van der Waals surface area contributed by atoms with Crippen molar-refractivity contribution < 1.29 is 14.0 Å². The Labute approximate surface area is 142 Å². The third kappa shape index (κ3) is 3.75. The van der Waals surface area contributed by atoms with E-state index in [-0.39, 0.29) is 23.8 Å². The zero-order valence-corrected chi connectivity index (χ0v) is 14.4. The van der Waals surface area contributed by atoms with Gasteiger partial charge in [-0.05, 0) is 37.5 Å². The molecular weight excluding hydrogens is 309 g/mol. The van der Waals surface area contributed by atoms with Crippen molar-refractivity contribution in [2.45, 2.75) is 32.4 Å². The van der Waals surface area contributed by atoms with Crippen molar-refractivity contribution in [2.24, 2.45) is 0 Å². The normalized spacial score (nSPS) is 18.4. The summed E-state index contributed by atoms with van der Waals surface area (Å²) in [6.07, 6.45) is 2.28. The van der Waals surface area contributed by atoms with Crippen LogP contribution >= 0.6 is 0 Å². The molecule has 1 fully saturated rings. The number of likely N-dealkylation sites (tertiary alicyclic amines) is 1. The van der Waals surface area contributed by atoms with Crippen LogP contribution in [0.4, 0.5) is 9.18 Å². The quantitative estimate of drug-likeness (QED) is 0.842. The summed E-state index contributed by atoms with van der Waals surface area (Å²) in [4.78, 5) is 27.8. The lowest BCUT2D eigenvalue weighted by Gasteiger charge is -2.26. The number of aryl methyl sites for hydroxylation is 1. The number of hydrogen-bond acceptors (Lipinski definition) is 2. The van der Waals surface area contributed by atoms with Crippen molar-refractivity contribution in [1.82, 2.24) is 15.1 Å². The minimum atomic E-state index is -0.466. The SMILES string of the molecule is C=CCN1CC[C@H](N(C)C(=O)N[C@@H](C)c2ccc(C)c(F)c2)C1=O. The molecule has 0 aromatic heterocycles. The molecule has 5 nitrogen and oxygen atoms in total. The Bertz CT molecular complexity index is 647. The van der Waals surface area contributed by atoms with Crippen LogP contribution in [0.1, 0.15) is 30.5 Å². The molecule has 1 aliphatic rings. The van der Waals surface area contributed by atoms with Crippen molar-refractivity contribution in [3.05, 3.63) is 47.8 Å². The van der Waals surface area contributed by atoms with Crippen LogP contribution in [-0.2, 0) is 4.79 Å². The Kier molecular flexibility index (Phi) is 5.59. The van der Waals surface area contributed by atoms with Crippen LogP contribution in [0.5, 0.6) is 0 Å². The van der Waals surface area contributed by atoms with Gasteiger partial charge in [0.05, 0.1) is 6.04 Å². The molecule has 0 saturated carbocycles. The molecule has 1 aromatic rings. The highest BCUT2D eigenvalue weighted by Gasteiger charge is 2.36. The maximum atomic E-state index is 13.7. The van der Waals surface area contributed by atoms with Crippen LogP contribution in [0.2, 0.25) is 0 Å². The Hall–Kier alpha value is -2.37. The summed E-state index contributed by atoms with van der Waals surface area (Å²) in [7, 11) is 1.61. The molecule has 3 amide bonds. The van der Waals surface area contributed by atoms with Gasteiger partial charge in [-0.25, -0.2) is 9.18 Å². The predicted molar refractivity (Wildman–Crippen MR) is 91.0 cm³/mol. The van der Waals surface area contributed by atoms with Crippen LogP contribution in [-0.4, -0.2) is 47.9 Å². The fourth-order valence-corrected chi connectivity index (χ4v) is 2.81. The van der Waals surface area contributed by atoms with Gasteiger partial charge in [0.25, 0.3) is 0 Å². The van der Waals surface area contributed by atoms with Gasteiger partial charge in [-0.3, -0.25) is 4.79 Å². The Morgan fingerprint density at radius 2 is 2.29 bits per heavy atom. The standard InChI is InChI=1S/C18H24FN3O2/c1-5-9-22-10-8-16(17(22)23)21(4)18(24)20-13(3)14-7-6-12(2)15(19)11-14/h5-7,11,13,16H,1,8-10H2,2-4H3,(H,20,24)/t13-,16-/m0/s1. The van der Waals surface area contributed by atoms with Gasteiger partial charge in [0.2, 0.25) is 5.91 Å². The van der Waals surface area contributed by atoms with Crippen molar-refractivity contribution >= 4 is 11.9 Å². The molecule has 1 saturated heterocycles. The first-order valence-corrected chi connectivity index (χ1v) is 8.04. The van der Waals surface area contributed by atoms with E-state index in [1.807, 2.05) is 0 Å². The van der Waals surface area contributed by atoms with E-state index in [2.05, 4.69) is 11.9 Å². The molecule has 0 aliphatic carbocycles. The summed E-state index contributed by atoms with van der Waals surface area (Å²) in [5.41, 5.74) is 1.25. The van der Waals surface area contributed by atoms with Gasteiger partial charge >= 0.3 is 6.03 Å². The van der Waals surface area contributed by atoms with Crippen molar-refractivity contribution in [3.63, 3.8) is 0 Å². The Morgan fingerprint density at radius 1 is 1.58 bits per heavy atom. The fraction of sp³-hybridized carbons (Fsp3) is 0.444. The van der Waals surface area contributed by atoms with Crippen LogP contribution in [0, 0.1) is 12.7 Å². The highest BCUT2D eigenvalue weighted by Crippen LogP contribution is 2.19. The number of hydrogen-bond donors (Lipinski definition) is 1. The minimum absolute atomic E-state index is 0.0680. The van der Waals surface area contributed by atoms with Gasteiger partial charge in [0.15, 0.2) is 0 Å². The number of halogens is 1. The molecule has 0 bridgehead atoms. The molecule has 0 unspecified atom stereocenters. The highest BCUT2D eigenvalue weighted by molar-refractivity contribution is 5.88. The first-order chi connectivity index (χ1) is 11.3. The summed E-state index contributed by atoms with van der Waals surface area (Å²) >= 11 is 0. The third-order valence-corrected chi connectivity index (χ3v) is 4.44. The molecule has 1 aromatic carbocycles. The summed E-state index contributed by atoms with van der Waals surface area (Å²) < 4.78 is 13.7. The number of nitrogens with one attached hydrogen (secondary N) is 1. The largest absolute Gasteiger partial charge is 0.337 e. The van der Waals surface area contributed by atoms with E-state index in [9.17, 15) is 14.0 Å². The second-order valence-electron chi connectivity index (χ2n) is 6.17. The van der Waals surface area contributed by atoms with E-state index in [0.717, 1.165) is 0 Å². The van der Waals surface area contributed by atoms with Gasteiger partial charge in [0, 0.05) is 20.1 Å². The zero-order chi connectivity index (χ0) is 17.9. The number of benzene rings is 1. The lowest BCUT2D eigenvalue weighted by molar-refractivity contribution is -0.130. The van der Waals surface area contributed by atoms with E-state index in [1.165, 1.54) is 11.0 Å². The van der Waals surface area contributed by atoms with Gasteiger partial charge in [-0.15, -0.1) is 6.58 Å². The van der Waals surface area contributed by atoms with E-state index < -0.39 is 6.04 Å². The number of carbonyl (C=O) groups excluding carboxylic acids is 2. The molecular formula is C18H24FN3O2. The predicted octanol–water partition coefficient (Wildman–Crippen LogP) is 2.62. The maximum Gasteiger partial charge on any atom is 0.318 e. The van der Waals surface area contributed by atoms with Crippen LogP contribution in [0.3, 0.4) is 0 Å². The van der Waals surface area contributed by atoms with E-state index in [4.69, 9.17) is 0 Å². The number of amides is 3. The molecule has 130 valence electrons. The summed E-state index contributed by atoms with van der Waals surface area (Å²) in [6, 6.07) is 3.73. The van der Waals surface area contributed by atoms with E-state index in [0.29, 0.717) is 30.6 Å². The molecule has 1 N–H and O–H groups in total. The number of likely N-dealkylation sites (N-methyl/N-ethyl adjacent to an activating group) is 1. The van der Waals surface area contributed by atoms with E-state index >= 15 is 0 Å². The van der Waals surface area contributed by atoms with Crippen molar-refractivity contribution in [3.8, 4) is 0 Å². The van der Waals surface area contributed by atoms with Gasteiger partial charge in [0.1, 0.15) is 11.9 Å². The van der Waals surface area contributed by atoms with Crippen molar-refractivity contribution in [1.29, 1.82) is 0 Å².